The smallest absolute Gasteiger partial charge is 0.240 e. The van der Waals surface area contributed by atoms with Crippen LogP contribution in [0.5, 0.6) is 0 Å². The Morgan fingerprint density at radius 2 is 1.67 bits per heavy atom. The molecule has 0 bridgehead atoms. The number of benzene rings is 2. The quantitative estimate of drug-likeness (QED) is 0.809. The number of anilines is 1. The van der Waals surface area contributed by atoms with Crippen molar-refractivity contribution < 1.29 is 13.2 Å². The largest absolute Gasteiger partial charge is 0.326 e. The van der Waals surface area contributed by atoms with Gasteiger partial charge in [-0.3, -0.25) is 4.79 Å². The standard InChI is InChI=1S/C18H22N2O3S/c1-3-7-17(14-8-5-4-6-9-14)18(21)20-15-10-12-16(13-11-15)24(22,23)19-2/h4-6,8-13,17,19H,3,7H2,1-2H3,(H,20,21)/t17-/m0/s1. The minimum absolute atomic E-state index is 0.0905. The Labute approximate surface area is 143 Å². The van der Waals surface area contributed by atoms with Crippen LogP contribution in [0.4, 0.5) is 5.69 Å². The SMILES string of the molecule is CCC[C@H](C(=O)Nc1ccc(S(=O)(=O)NC)cc1)c1ccccc1. The molecule has 0 saturated carbocycles. The molecule has 2 rings (SSSR count). The molecule has 0 heterocycles. The lowest BCUT2D eigenvalue weighted by Crippen LogP contribution is -2.21. The zero-order valence-corrected chi connectivity index (χ0v) is 14.6. The summed E-state index contributed by atoms with van der Waals surface area (Å²) >= 11 is 0. The maximum atomic E-state index is 12.6. The first-order valence-corrected chi connectivity index (χ1v) is 9.35. The number of amides is 1. The molecule has 6 heteroatoms. The molecule has 0 radical (unpaired) electrons. The van der Waals surface area contributed by atoms with Crippen molar-refractivity contribution in [1.82, 2.24) is 4.72 Å². The normalized spacial score (nSPS) is 12.6. The molecule has 0 fully saturated rings. The maximum Gasteiger partial charge on any atom is 0.240 e. The average Bonchev–Trinajstić information content (AvgIpc) is 2.60. The van der Waals surface area contributed by atoms with Gasteiger partial charge in [0.1, 0.15) is 0 Å². The highest BCUT2D eigenvalue weighted by Gasteiger charge is 2.20. The maximum absolute atomic E-state index is 12.6. The molecule has 0 aliphatic carbocycles. The van der Waals surface area contributed by atoms with E-state index in [0.29, 0.717) is 5.69 Å². The predicted molar refractivity (Wildman–Crippen MR) is 95.4 cm³/mol. The molecular weight excluding hydrogens is 324 g/mol. The summed E-state index contributed by atoms with van der Waals surface area (Å²) in [6.07, 6.45) is 1.65. The number of carbonyl (C=O) groups excluding carboxylic acids is 1. The van der Waals surface area contributed by atoms with Crippen molar-refractivity contribution in [3.63, 3.8) is 0 Å². The van der Waals surface area contributed by atoms with Crippen molar-refractivity contribution in [3.05, 3.63) is 60.2 Å². The fourth-order valence-electron chi connectivity index (χ4n) is 2.49. The molecule has 0 unspecified atom stereocenters. The summed E-state index contributed by atoms with van der Waals surface area (Å²) in [7, 11) is -2.11. The van der Waals surface area contributed by atoms with Gasteiger partial charge in [-0.2, -0.15) is 0 Å². The van der Waals surface area contributed by atoms with E-state index in [2.05, 4.69) is 10.0 Å². The highest BCUT2D eigenvalue weighted by Crippen LogP contribution is 2.23. The molecule has 2 N–H and O–H groups in total. The van der Waals surface area contributed by atoms with Crippen molar-refractivity contribution in [3.8, 4) is 0 Å². The molecule has 1 atom stereocenters. The summed E-state index contributed by atoms with van der Waals surface area (Å²) in [5.74, 6) is -0.316. The molecule has 2 aromatic carbocycles. The van der Waals surface area contributed by atoms with Crippen LogP contribution in [0, 0.1) is 0 Å². The van der Waals surface area contributed by atoms with E-state index in [9.17, 15) is 13.2 Å². The third-order valence-corrected chi connectivity index (χ3v) is 5.23. The van der Waals surface area contributed by atoms with Gasteiger partial charge in [0.2, 0.25) is 15.9 Å². The van der Waals surface area contributed by atoms with Crippen molar-refractivity contribution in [1.29, 1.82) is 0 Å². The molecule has 0 aromatic heterocycles. The molecule has 1 amide bonds. The van der Waals surface area contributed by atoms with Crippen molar-refractivity contribution >= 4 is 21.6 Å². The van der Waals surface area contributed by atoms with Crippen LogP contribution in [-0.4, -0.2) is 21.4 Å². The zero-order valence-electron chi connectivity index (χ0n) is 13.8. The molecule has 0 saturated heterocycles. The van der Waals surface area contributed by atoms with Crippen LogP contribution in [0.15, 0.2) is 59.5 Å². The van der Waals surface area contributed by atoms with Crippen LogP contribution in [0.3, 0.4) is 0 Å². The fourth-order valence-corrected chi connectivity index (χ4v) is 3.22. The summed E-state index contributed by atoms with van der Waals surface area (Å²) in [6, 6.07) is 15.8. The van der Waals surface area contributed by atoms with E-state index >= 15 is 0 Å². The molecule has 0 spiro atoms. The van der Waals surface area contributed by atoms with Crippen molar-refractivity contribution in [2.75, 3.05) is 12.4 Å². The van der Waals surface area contributed by atoms with Crippen LogP contribution < -0.4 is 10.0 Å². The Morgan fingerprint density at radius 1 is 1.04 bits per heavy atom. The summed E-state index contributed by atoms with van der Waals surface area (Å²) in [6.45, 7) is 2.04. The number of hydrogen-bond donors (Lipinski definition) is 2. The summed E-state index contributed by atoms with van der Waals surface area (Å²) in [4.78, 5) is 12.8. The second kappa shape index (κ2) is 8.08. The lowest BCUT2D eigenvalue weighted by atomic mass is 9.93. The topological polar surface area (TPSA) is 75.3 Å². The van der Waals surface area contributed by atoms with Crippen molar-refractivity contribution in [2.24, 2.45) is 0 Å². The first-order chi connectivity index (χ1) is 11.5. The van der Waals surface area contributed by atoms with Gasteiger partial charge in [0.15, 0.2) is 0 Å². The van der Waals surface area contributed by atoms with Gasteiger partial charge in [-0.15, -0.1) is 0 Å². The molecular formula is C18H22N2O3S. The lowest BCUT2D eigenvalue weighted by molar-refractivity contribution is -0.117. The van der Waals surface area contributed by atoms with Crippen LogP contribution in [-0.2, 0) is 14.8 Å². The van der Waals surface area contributed by atoms with Gasteiger partial charge in [-0.25, -0.2) is 13.1 Å². The van der Waals surface area contributed by atoms with Gasteiger partial charge in [-0.1, -0.05) is 43.7 Å². The Hall–Kier alpha value is -2.18. The summed E-state index contributed by atoms with van der Waals surface area (Å²) < 4.78 is 25.7. The monoisotopic (exact) mass is 346 g/mol. The third-order valence-electron chi connectivity index (χ3n) is 3.80. The van der Waals surface area contributed by atoms with E-state index in [1.807, 2.05) is 37.3 Å². The fraction of sp³-hybridized carbons (Fsp3) is 0.278. The lowest BCUT2D eigenvalue weighted by Gasteiger charge is -2.16. The minimum Gasteiger partial charge on any atom is -0.326 e. The average molecular weight is 346 g/mol. The number of sulfonamides is 1. The summed E-state index contributed by atoms with van der Waals surface area (Å²) in [5, 5.41) is 2.87. The highest BCUT2D eigenvalue weighted by molar-refractivity contribution is 7.89. The van der Waals surface area contributed by atoms with Crippen LogP contribution in [0.25, 0.3) is 0 Å². The molecule has 2 aromatic rings. The van der Waals surface area contributed by atoms with Crippen LogP contribution >= 0.6 is 0 Å². The number of carbonyl (C=O) groups is 1. The molecule has 0 aliphatic heterocycles. The van der Waals surface area contributed by atoms with E-state index in [1.54, 1.807) is 12.1 Å². The van der Waals surface area contributed by atoms with Gasteiger partial charge in [0, 0.05) is 5.69 Å². The van der Waals surface area contributed by atoms with E-state index < -0.39 is 10.0 Å². The molecule has 5 nitrogen and oxygen atoms in total. The Bertz CT molecular complexity index is 772. The molecule has 24 heavy (non-hydrogen) atoms. The zero-order chi connectivity index (χ0) is 17.6. The Kier molecular flexibility index (Phi) is 6.11. The van der Waals surface area contributed by atoms with Gasteiger partial charge in [-0.05, 0) is 43.3 Å². The number of hydrogen-bond acceptors (Lipinski definition) is 3. The first kappa shape index (κ1) is 18.2. The second-order valence-electron chi connectivity index (χ2n) is 5.47. The molecule has 128 valence electrons. The van der Waals surface area contributed by atoms with Gasteiger partial charge >= 0.3 is 0 Å². The van der Waals surface area contributed by atoms with Crippen LogP contribution in [0.1, 0.15) is 31.2 Å². The van der Waals surface area contributed by atoms with Gasteiger partial charge < -0.3 is 5.32 Å². The van der Waals surface area contributed by atoms with E-state index in [4.69, 9.17) is 0 Å². The Balaban J connectivity index is 2.15. The minimum atomic E-state index is -3.47. The predicted octanol–water partition coefficient (Wildman–Crippen LogP) is 3.12. The van der Waals surface area contributed by atoms with E-state index in [-0.39, 0.29) is 16.7 Å². The third kappa shape index (κ3) is 4.43. The first-order valence-electron chi connectivity index (χ1n) is 7.87. The number of nitrogens with one attached hydrogen (secondary N) is 2. The molecule has 0 aliphatic rings. The Morgan fingerprint density at radius 3 is 2.21 bits per heavy atom. The van der Waals surface area contributed by atoms with E-state index in [0.717, 1.165) is 18.4 Å². The van der Waals surface area contributed by atoms with Gasteiger partial charge in [0.05, 0.1) is 10.8 Å². The van der Waals surface area contributed by atoms with E-state index in [1.165, 1.54) is 19.2 Å². The summed E-state index contributed by atoms with van der Waals surface area (Å²) in [5.41, 5.74) is 1.55. The van der Waals surface area contributed by atoms with Crippen LogP contribution in [0.2, 0.25) is 0 Å². The number of rotatable bonds is 7. The van der Waals surface area contributed by atoms with Crippen molar-refractivity contribution in [2.45, 2.75) is 30.6 Å². The highest BCUT2D eigenvalue weighted by atomic mass is 32.2. The van der Waals surface area contributed by atoms with Gasteiger partial charge in [0.25, 0.3) is 0 Å². The second-order valence-corrected chi connectivity index (χ2v) is 7.36.